The van der Waals surface area contributed by atoms with Crippen LogP contribution in [-0.4, -0.2) is 66.1 Å². The highest BCUT2D eigenvalue weighted by Crippen LogP contribution is 2.40. The first-order chi connectivity index (χ1) is 16.7. The van der Waals surface area contributed by atoms with Gasteiger partial charge in [-0.15, -0.1) is 0 Å². The van der Waals surface area contributed by atoms with Crippen LogP contribution in [0.2, 0.25) is 0 Å². The average molecular weight is 460 g/mol. The summed E-state index contributed by atoms with van der Waals surface area (Å²) in [5, 5.41) is 8.96. The van der Waals surface area contributed by atoms with Gasteiger partial charge in [0.1, 0.15) is 5.82 Å². The number of aliphatic imine (C=N–C) groups is 1. The van der Waals surface area contributed by atoms with Crippen LogP contribution in [0.3, 0.4) is 0 Å². The van der Waals surface area contributed by atoms with Crippen LogP contribution in [0.1, 0.15) is 18.4 Å². The lowest BCUT2D eigenvalue weighted by Crippen LogP contribution is -2.38. The molecule has 0 spiro atoms. The summed E-state index contributed by atoms with van der Waals surface area (Å²) in [6.45, 7) is 5.41. The number of hydroxylamine groups is 1. The van der Waals surface area contributed by atoms with Crippen molar-refractivity contribution in [2.75, 3.05) is 44.3 Å². The topological polar surface area (TPSA) is 90.3 Å². The third kappa shape index (κ3) is 4.65. The molecule has 1 saturated heterocycles. The highest BCUT2D eigenvalue weighted by Gasteiger charge is 2.27. The fourth-order valence-corrected chi connectivity index (χ4v) is 4.68. The monoisotopic (exact) mass is 459 g/mol. The lowest BCUT2D eigenvalue weighted by Gasteiger charge is -2.29. The van der Waals surface area contributed by atoms with Gasteiger partial charge in [0.05, 0.1) is 36.2 Å². The molecule has 2 aliphatic heterocycles. The average Bonchev–Trinajstić information content (AvgIpc) is 3.04. The van der Waals surface area contributed by atoms with Crippen molar-refractivity contribution >= 4 is 28.8 Å². The number of carbonyl (C=O) groups is 1. The van der Waals surface area contributed by atoms with E-state index in [1.54, 1.807) is 5.48 Å². The minimum Gasteiger partial charge on any atom is -0.379 e. The van der Waals surface area contributed by atoms with E-state index in [4.69, 9.17) is 19.9 Å². The van der Waals surface area contributed by atoms with E-state index in [0.717, 1.165) is 79.9 Å². The number of morpholine rings is 1. The molecular weight excluding hydrogens is 430 g/mol. The Morgan fingerprint density at radius 3 is 2.79 bits per heavy atom. The molecule has 1 atom stereocenters. The van der Waals surface area contributed by atoms with Gasteiger partial charge in [-0.25, -0.2) is 15.5 Å². The molecule has 1 amide bonds. The van der Waals surface area contributed by atoms with Gasteiger partial charge in [0.25, 0.3) is 5.91 Å². The molecule has 0 saturated carbocycles. The molecule has 2 N–H and O–H groups in total. The summed E-state index contributed by atoms with van der Waals surface area (Å²) < 4.78 is 5.48. The second-order valence-electron chi connectivity index (χ2n) is 8.62. The van der Waals surface area contributed by atoms with Crippen LogP contribution in [0, 0.1) is 5.92 Å². The lowest BCUT2D eigenvalue weighted by atomic mass is 9.91. The number of nitrogens with zero attached hydrogens (tertiary/aromatic N) is 4. The van der Waals surface area contributed by atoms with Crippen molar-refractivity contribution in [1.82, 2.24) is 15.4 Å². The van der Waals surface area contributed by atoms with E-state index in [0.29, 0.717) is 6.42 Å². The van der Waals surface area contributed by atoms with Crippen molar-refractivity contribution in [3.63, 3.8) is 0 Å². The second-order valence-corrected chi connectivity index (χ2v) is 8.62. The highest BCUT2D eigenvalue weighted by molar-refractivity contribution is 6.19. The summed E-state index contributed by atoms with van der Waals surface area (Å²) in [4.78, 5) is 26.4. The van der Waals surface area contributed by atoms with Gasteiger partial charge >= 0.3 is 0 Å². The van der Waals surface area contributed by atoms with Crippen LogP contribution in [0.25, 0.3) is 0 Å². The van der Waals surface area contributed by atoms with Gasteiger partial charge in [-0.3, -0.25) is 14.9 Å². The molecule has 5 rings (SSSR count). The molecule has 2 aromatic rings. The molecule has 3 aliphatic rings. The minimum atomic E-state index is -0.409. The van der Waals surface area contributed by atoms with Crippen molar-refractivity contribution < 1.29 is 14.7 Å². The summed E-state index contributed by atoms with van der Waals surface area (Å²) in [7, 11) is 0. The summed E-state index contributed by atoms with van der Waals surface area (Å²) in [6.07, 6.45) is 9.06. The number of aromatic nitrogens is 1. The number of rotatable bonds is 6. The summed E-state index contributed by atoms with van der Waals surface area (Å²) in [6, 6.07) is 12.2. The fraction of sp³-hybridized carbons (Fsp3) is 0.346. The Balaban J connectivity index is 1.46. The third-order valence-electron chi connectivity index (χ3n) is 6.48. The predicted molar refractivity (Wildman–Crippen MR) is 131 cm³/mol. The number of allylic oxidation sites excluding steroid dienone is 3. The van der Waals surface area contributed by atoms with Gasteiger partial charge in [0, 0.05) is 37.9 Å². The third-order valence-corrected chi connectivity index (χ3v) is 6.48. The van der Waals surface area contributed by atoms with Crippen LogP contribution in [-0.2, 0) is 9.53 Å². The number of para-hydroxylation sites is 2. The van der Waals surface area contributed by atoms with Crippen molar-refractivity contribution in [2.24, 2.45) is 10.9 Å². The summed E-state index contributed by atoms with van der Waals surface area (Å²) in [5.74, 6) is 0.0865. The molecule has 0 bridgehead atoms. The van der Waals surface area contributed by atoms with E-state index in [2.05, 4.69) is 21.9 Å². The van der Waals surface area contributed by atoms with E-state index < -0.39 is 11.8 Å². The number of pyridine rings is 1. The van der Waals surface area contributed by atoms with Crippen LogP contribution in [0.5, 0.6) is 0 Å². The molecule has 8 heteroatoms. The van der Waals surface area contributed by atoms with Gasteiger partial charge in [0.2, 0.25) is 0 Å². The zero-order valence-corrected chi connectivity index (χ0v) is 19.1. The fourth-order valence-electron chi connectivity index (χ4n) is 4.68. The maximum atomic E-state index is 11.8. The number of benzene rings is 1. The molecule has 1 aromatic heterocycles. The first-order valence-electron chi connectivity index (χ1n) is 11.8. The molecular formula is C26H29N5O3. The zero-order chi connectivity index (χ0) is 23.3. The normalized spacial score (nSPS) is 20.0. The van der Waals surface area contributed by atoms with E-state index in [1.807, 2.05) is 48.7 Å². The van der Waals surface area contributed by atoms with Crippen LogP contribution in [0.15, 0.2) is 71.4 Å². The molecule has 3 heterocycles. The van der Waals surface area contributed by atoms with Gasteiger partial charge in [-0.05, 0) is 42.7 Å². The predicted octanol–water partition coefficient (Wildman–Crippen LogP) is 3.38. The first-order valence-corrected chi connectivity index (χ1v) is 11.8. The smallest absolute Gasteiger partial charge is 0.250 e. The van der Waals surface area contributed by atoms with E-state index in [9.17, 15) is 4.79 Å². The number of amides is 1. The number of hydrogen-bond donors (Lipinski definition) is 2. The second kappa shape index (κ2) is 10.3. The van der Waals surface area contributed by atoms with Gasteiger partial charge in [-0.2, -0.15) is 0 Å². The molecule has 1 aliphatic carbocycles. The SMILES string of the molecule is O=C(NO)C1C=CC(C2=Nc3ccccc3N(CCCN3CCOCC3)c3ncccc32)=CC1. The molecule has 176 valence electrons. The maximum absolute atomic E-state index is 11.8. The number of fused-ring (bicyclic) bond motifs is 2. The summed E-state index contributed by atoms with van der Waals surface area (Å²) >= 11 is 0. The Labute approximate surface area is 199 Å². The molecule has 1 unspecified atom stereocenters. The highest BCUT2D eigenvalue weighted by atomic mass is 16.5. The van der Waals surface area contributed by atoms with Crippen molar-refractivity contribution in [3.8, 4) is 0 Å². The quantitative estimate of drug-likeness (QED) is 0.509. The van der Waals surface area contributed by atoms with Crippen LogP contribution >= 0.6 is 0 Å². The number of anilines is 2. The molecule has 1 aromatic carbocycles. The molecule has 34 heavy (non-hydrogen) atoms. The lowest BCUT2D eigenvalue weighted by molar-refractivity contribution is -0.131. The molecule has 1 fully saturated rings. The Kier molecular flexibility index (Phi) is 6.80. The first kappa shape index (κ1) is 22.5. The van der Waals surface area contributed by atoms with Gasteiger partial charge in [0.15, 0.2) is 0 Å². The number of nitrogens with one attached hydrogen (secondary N) is 1. The molecule has 8 nitrogen and oxygen atoms in total. The Morgan fingerprint density at radius 2 is 2.00 bits per heavy atom. The van der Waals surface area contributed by atoms with Crippen LogP contribution in [0.4, 0.5) is 17.2 Å². The van der Waals surface area contributed by atoms with E-state index >= 15 is 0 Å². The van der Waals surface area contributed by atoms with Gasteiger partial charge < -0.3 is 9.64 Å². The zero-order valence-electron chi connectivity index (χ0n) is 19.1. The minimum absolute atomic E-state index is 0.391. The Morgan fingerprint density at radius 1 is 1.15 bits per heavy atom. The maximum Gasteiger partial charge on any atom is 0.250 e. The molecule has 0 radical (unpaired) electrons. The Bertz CT molecular complexity index is 1140. The summed E-state index contributed by atoms with van der Waals surface area (Å²) in [5.41, 5.74) is 6.42. The van der Waals surface area contributed by atoms with E-state index in [-0.39, 0.29) is 0 Å². The number of ether oxygens (including phenoxy) is 1. The standard InChI is InChI=1S/C26H29N5O3/c32-26(29-33)20-10-8-19(9-11-20)24-21-5-3-12-27-25(21)31(23-7-2-1-6-22(23)28-24)14-4-13-30-15-17-34-18-16-30/h1-3,5-10,12,20,33H,4,11,13-18H2,(H,29,32). The van der Waals surface area contributed by atoms with Gasteiger partial charge in [-0.1, -0.05) is 30.4 Å². The van der Waals surface area contributed by atoms with Crippen molar-refractivity contribution in [3.05, 3.63) is 72.0 Å². The van der Waals surface area contributed by atoms with E-state index in [1.165, 1.54) is 0 Å². The number of hydrogen-bond acceptors (Lipinski definition) is 7. The van der Waals surface area contributed by atoms with Crippen molar-refractivity contribution in [2.45, 2.75) is 12.8 Å². The Hall–Kier alpha value is -3.33. The largest absolute Gasteiger partial charge is 0.379 e. The van der Waals surface area contributed by atoms with Crippen molar-refractivity contribution in [1.29, 1.82) is 0 Å². The van der Waals surface area contributed by atoms with Crippen LogP contribution < -0.4 is 10.4 Å². The number of carbonyl (C=O) groups excluding carboxylic acids is 1.